The van der Waals surface area contributed by atoms with Gasteiger partial charge in [-0.15, -0.1) is 0 Å². The molecule has 1 fully saturated rings. The Morgan fingerprint density at radius 1 is 1.35 bits per heavy atom. The maximum absolute atomic E-state index is 6.30. The Labute approximate surface area is 123 Å². The molecule has 0 radical (unpaired) electrons. The minimum absolute atomic E-state index is 0.681. The van der Waals surface area contributed by atoms with Gasteiger partial charge in [0, 0.05) is 23.8 Å². The number of hydrogen-bond acceptors (Lipinski definition) is 3. The Kier molecular flexibility index (Phi) is 3.90. The zero-order chi connectivity index (χ0) is 13.9. The number of halogens is 1. The van der Waals surface area contributed by atoms with E-state index in [0.717, 1.165) is 34.3 Å². The van der Waals surface area contributed by atoms with Crippen LogP contribution >= 0.6 is 11.6 Å². The molecule has 0 bridgehead atoms. The van der Waals surface area contributed by atoms with E-state index in [1.807, 2.05) is 37.3 Å². The van der Waals surface area contributed by atoms with Crippen LogP contribution < -0.4 is 10.1 Å². The van der Waals surface area contributed by atoms with Gasteiger partial charge in [-0.1, -0.05) is 17.7 Å². The van der Waals surface area contributed by atoms with Crippen LogP contribution in [0.3, 0.4) is 0 Å². The summed E-state index contributed by atoms with van der Waals surface area (Å²) in [5, 5.41) is 4.19. The van der Waals surface area contributed by atoms with Crippen LogP contribution in [0.5, 0.6) is 11.5 Å². The minimum atomic E-state index is 0.681. The Bertz CT molecular complexity index is 611. The van der Waals surface area contributed by atoms with Crippen molar-refractivity contribution >= 4 is 11.6 Å². The third-order valence-corrected chi connectivity index (χ3v) is 3.72. The van der Waals surface area contributed by atoms with Crippen molar-refractivity contribution in [2.24, 2.45) is 0 Å². The largest absolute Gasteiger partial charge is 0.455 e. The summed E-state index contributed by atoms with van der Waals surface area (Å²) in [5.74, 6) is 1.49. The molecule has 0 spiro atoms. The smallest absolute Gasteiger partial charge is 0.148 e. The topological polar surface area (TPSA) is 34.1 Å². The lowest BCUT2D eigenvalue weighted by molar-refractivity contribution is 0.475. The van der Waals surface area contributed by atoms with Gasteiger partial charge in [-0.2, -0.15) is 0 Å². The number of benzene rings is 1. The lowest BCUT2D eigenvalue weighted by Gasteiger charge is -2.10. The van der Waals surface area contributed by atoms with Crippen molar-refractivity contribution in [1.82, 2.24) is 10.3 Å². The molecule has 0 unspecified atom stereocenters. The average Bonchev–Trinajstić information content (AvgIpc) is 3.25. The molecule has 1 heterocycles. The molecule has 1 saturated carbocycles. The molecular weight excluding hydrogens is 272 g/mol. The standard InChI is InChI=1S/C16H17ClN2O/c1-11-16(3-2-8-18-11)20-14-7-4-12(15(17)9-14)10-19-13-5-6-13/h2-4,7-9,13,19H,5-6,10H2,1H3. The molecule has 1 aliphatic carbocycles. The van der Waals surface area contributed by atoms with Gasteiger partial charge in [0.15, 0.2) is 0 Å². The first-order valence-corrected chi connectivity index (χ1v) is 7.21. The van der Waals surface area contributed by atoms with Gasteiger partial charge in [0.1, 0.15) is 11.5 Å². The predicted molar refractivity (Wildman–Crippen MR) is 80.4 cm³/mol. The summed E-state index contributed by atoms with van der Waals surface area (Å²) in [6.07, 6.45) is 4.31. The highest BCUT2D eigenvalue weighted by atomic mass is 35.5. The second-order valence-corrected chi connectivity index (χ2v) is 5.50. The number of ether oxygens (including phenoxy) is 1. The van der Waals surface area contributed by atoms with Crippen LogP contribution in [-0.4, -0.2) is 11.0 Å². The van der Waals surface area contributed by atoms with Gasteiger partial charge in [-0.3, -0.25) is 4.98 Å². The van der Waals surface area contributed by atoms with Crippen molar-refractivity contribution in [3.63, 3.8) is 0 Å². The van der Waals surface area contributed by atoms with Crippen molar-refractivity contribution < 1.29 is 4.74 Å². The lowest BCUT2D eigenvalue weighted by atomic mass is 10.2. The van der Waals surface area contributed by atoms with Crippen molar-refractivity contribution in [2.45, 2.75) is 32.4 Å². The number of aryl methyl sites for hydroxylation is 1. The van der Waals surface area contributed by atoms with E-state index in [4.69, 9.17) is 16.3 Å². The quantitative estimate of drug-likeness (QED) is 0.900. The third kappa shape index (κ3) is 3.30. The SMILES string of the molecule is Cc1ncccc1Oc1ccc(CNC2CC2)c(Cl)c1. The maximum Gasteiger partial charge on any atom is 0.148 e. The Morgan fingerprint density at radius 2 is 2.20 bits per heavy atom. The number of pyridine rings is 1. The van der Waals surface area contributed by atoms with E-state index in [1.165, 1.54) is 12.8 Å². The number of rotatable bonds is 5. The zero-order valence-corrected chi connectivity index (χ0v) is 12.2. The molecule has 3 nitrogen and oxygen atoms in total. The van der Waals surface area contributed by atoms with Crippen molar-refractivity contribution in [1.29, 1.82) is 0 Å². The maximum atomic E-state index is 6.30. The molecule has 0 amide bonds. The highest BCUT2D eigenvalue weighted by Gasteiger charge is 2.20. The number of nitrogens with one attached hydrogen (secondary N) is 1. The van der Waals surface area contributed by atoms with Crippen LogP contribution in [0.15, 0.2) is 36.5 Å². The summed E-state index contributed by atoms with van der Waals surface area (Å²) in [6.45, 7) is 2.74. The molecule has 3 rings (SSSR count). The first-order valence-electron chi connectivity index (χ1n) is 6.83. The second-order valence-electron chi connectivity index (χ2n) is 5.10. The predicted octanol–water partition coefficient (Wildman–Crippen LogP) is 4.09. The second kappa shape index (κ2) is 5.81. The molecule has 1 aromatic heterocycles. The van der Waals surface area contributed by atoms with Crippen LogP contribution in [0.2, 0.25) is 5.02 Å². The Morgan fingerprint density at radius 3 is 2.90 bits per heavy atom. The molecule has 4 heteroatoms. The zero-order valence-electron chi connectivity index (χ0n) is 11.4. The number of hydrogen-bond donors (Lipinski definition) is 1. The molecular formula is C16H17ClN2O. The van der Waals surface area contributed by atoms with Crippen molar-refractivity contribution in [3.05, 3.63) is 52.8 Å². The average molecular weight is 289 g/mol. The number of aromatic nitrogens is 1. The highest BCUT2D eigenvalue weighted by Crippen LogP contribution is 2.28. The van der Waals surface area contributed by atoms with Gasteiger partial charge in [0.25, 0.3) is 0 Å². The fraction of sp³-hybridized carbons (Fsp3) is 0.312. The molecule has 2 aromatic rings. The molecule has 104 valence electrons. The van der Waals surface area contributed by atoms with Crippen molar-refractivity contribution in [3.8, 4) is 11.5 Å². The lowest BCUT2D eigenvalue weighted by Crippen LogP contribution is -2.15. The first-order chi connectivity index (χ1) is 9.72. The molecule has 0 saturated heterocycles. The van der Waals surface area contributed by atoms with E-state index >= 15 is 0 Å². The summed E-state index contributed by atoms with van der Waals surface area (Å²) in [7, 11) is 0. The number of nitrogens with zero attached hydrogens (tertiary/aromatic N) is 1. The van der Waals surface area contributed by atoms with Crippen LogP contribution in [0, 0.1) is 6.92 Å². The summed E-state index contributed by atoms with van der Waals surface area (Å²) in [6, 6.07) is 10.3. The fourth-order valence-electron chi connectivity index (χ4n) is 1.98. The van der Waals surface area contributed by atoms with E-state index in [-0.39, 0.29) is 0 Å². The van der Waals surface area contributed by atoms with E-state index in [2.05, 4.69) is 10.3 Å². The molecule has 0 aliphatic heterocycles. The van der Waals surface area contributed by atoms with E-state index in [0.29, 0.717) is 6.04 Å². The minimum Gasteiger partial charge on any atom is -0.455 e. The molecule has 1 aliphatic rings. The van der Waals surface area contributed by atoms with Gasteiger partial charge in [-0.05, 0) is 49.6 Å². The monoisotopic (exact) mass is 288 g/mol. The third-order valence-electron chi connectivity index (χ3n) is 3.37. The van der Waals surface area contributed by atoms with Gasteiger partial charge in [0.2, 0.25) is 0 Å². The molecule has 0 atom stereocenters. The fourth-order valence-corrected chi connectivity index (χ4v) is 2.22. The van der Waals surface area contributed by atoms with E-state index < -0.39 is 0 Å². The van der Waals surface area contributed by atoms with Gasteiger partial charge in [0.05, 0.1) is 5.69 Å². The normalized spacial score (nSPS) is 14.3. The molecule has 1 aromatic carbocycles. The first kappa shape index (κ1) is 13.4. The van der Waals surface area contributed by atoms with E-state index in [9.17, 15) is 0 Å². The summed E-state index contributed by atoms with van der Waals surface area (Å²) >= 11 is 6.30. The Balaban J connectivity index is 1.71. The van der Waals surface area contributed by atoms with Crippen LogP contribution in [0.1, 0.15) is 24.1 Å². The van der Waals surface area contributed by atoms with Gasteiger partial charge >= 0.3 is 0 Å². The van der Waals surface area contributed by atoms with Gasteiger partial charge in [-0.25, -0.2) is 0 Å². The molecule has 1 N–H and O–H groups in total. The van der Waals surface area contributed by atoms with Crippen LogP contribution in [0.25, 0.3) is 0 Å². The van der Waals surface area contributed by atoms with Gasteiger partial charge < -0.3 is 10.1 Å². The Hall–Kier alpha value is -1.58. The van der Waals surface area contributed by atoms with Crippen molar-refractivity contribution in [2.75, 3.05) is 0 Å². The summed E-state index contributed by atoms with van der Waals surface area (Å²) < 4.78 is 5.82. The molecule has 20 heavy (non-hydrogen) atoms. The summed E-state index contributed by atoms with van der Waals surface area (Å²) in [4.78, 5) is 4.20. The van der Waals surface area contributed by atoms with Crippen LogP contribution in [0.4, 0.5) is 0 Å². The summed E-state index contributed by atoms with van der Waals surface area (Å²) in [5.41, 5.74) is 1.97. The highest BCUT2D eigenvalue weighted by molar-refractivity contribution is 6.31. The van der Waals surface area contributed by atoms with Crippen LogP contribution in [-0.2, 0) is 6.54 Å². The van der Waals surface area contributed by atoms with E-state index in [1.54, 1.807) is 6.20 Å².